The average molecular weight is 325 g/mol. The first kappa shape index (κ1) is 16.4. The Morgan fingerprint density at radius 3 is 2.29 bits per heavy atom. The van der Waals surface area contributed by atoms with Crippen LogP contribution >= 0.6 is 0 Å². The molecule has 1 aliphatic heterocycles. The van der Waals surface area contributed by atoms with Gasteiger partial charge < -0.3 is 4.90 Å². The Hall–Kier alpha value is -2.49. The third kappa shape index (κ3) is 3.37. The van der Waals surface area contributed by atoms with Crippen LogP contribution in [-0.2, 0) is 0 Å². The second kappa shape index (κ2) is 6.95. The van der Waals surface area contributed by atoms with E-state index in [2.05, 4.69) is 0 Å². The Balaban J connectivity index is 1.63. The molecular weight excluding hydrogens is 305 g/mol. The molecule has 0 saturated carbocycles. The van der Waals surface area contributed by atoms with Crippen LogP contribution in [0.5, 0.6) is 0 Å². The Morgan fingerprint density at radius 1 is 1.00 bits per heavy atom. The highest BCUT2D eigenvalue weighted by Gasteiger charge is 2.28. The average Bonchev–Trinajstić information content (AvgIpc) is 2.63. The number of Topliss-reactive ketones (excluding diaryl/α,β-unsaturated/α-hetero) is 1. The van der Waals surface area contributed by atoms with Crippen LogP contribution in [0.4, 0.5) is 4.39 Å². The lowest BCUT2D eigenvalue weighted by Crippen LogP contribution is -2.40. The molecule has 4 heteroatoms. The first-order valence-electron chi connectivity index (χ1n) is 8.21. The van der Waals surface area contributed by atoms with Crippen LogP contribution in [0.3, 0.4) is 0 Å². The van der Waals surface area contributed by atoms with Crippen molar-refractivity contribution in [1.29, 1.82) is 0 Å². The van der Waals surface area contributed by atoms with Crippen LogP contribution in [0.25, 0.3) is 0 Å². The molecule has 1 amide bonds. The molecule has 0 radical (unpaired) electrons. The summed E-state index contributed by atoms with van der Waals surface area (Å²) >= 11 is 0. The lowest BCUT2D eigenvalue weighted by molar-refractivity contribution is 0.0650. The number of hydrogen-bond donors (Lipinski definition) is 0. The summed E-state index contributed by atoms with van der Waals surface area (Å²) in [5.74, 6) is -0.339. The van der Waals surface area contributed by atoms with Crippen LogP contribution in [0.1, 0.15) is 39.1 Å². The van der Waals surface area contributed by atoms with Crippen molar-refractivity contribution in [2.24, 2.45) is 5.92 Å². The molecule has 0 N–H and O–H groups in total. The summed E-state index contributed by atoms with van der Waals surface area (Å²) in [5, 5.41) is 0. The molecule has 2 aromatic carbocycles. The number of amides is 1. The lowest BCUT2D eigenvalue weighted by Gasteiger charge is -2.31. The molecule has 1 saturated heterocycles. The predicted molar refractivity (Wildman–Crippen MR) is 90.5 cm³/mol. The van der Waals surface area contributed by atoms with Gasteiger partial charge in [-0.05, 0) is 55.7 Å². The Bertz CT molecular complexity index is 749. The van der Waals surface area contributed by atoms with Gasteiger partial charge in [0.15, 0.2) is 5.78 Å². The Labute approximate surface area is 141 Å². The van der Waals surface area contributed by atoms with E-state index in [4.69, 9.17) is 0 Å². The van der Waals surface area contributed by atoms with Gasteiger partial charge in [-0.2, -0.15) is 0 Å². The molecule has 3 rings (SSSR count). The van der Waals surface area contributed by atoms with Crippen LogP contribution in [0, 0.1) is 18.7 Å². The largest absolute Gasteiger partial charge is 0.339 e. The first-order valence-corrected chi connectivity index (χ1v) is 8.21. The maximum atomic E-state index is 13.4. The molecule has 0 atom stereocenters. The van der Waals surface area contributed by atoms with E-state index < -0.39 is 0 Å². The minimum Gasteiger partial charge on any atom is -0.339 e. The maximum Gasteiger partial charge on any atom is 0.253 e. The summed E-state index contributed by atoms with van der Waals surface area (Å²) in [7, 11) is 0. The number of piperidine rings is 1. The first-order chi connectivity index (χ1) is 11.6. The number of carbonyl (C=O) groups is 2. The van der Waals surface area contributed by atoms with Gasteiger partial charge in [-0.3, -0.25) is 9.59 Å². The molecule has 24 heavy (non-hydrogen) atoms. The molecular formula is C20H20FNO2. The van der Waals surface area contributed by atoms with E-state index in [1.807, 2.05) is 18.2 Å². The van der Waals surface area contributed by atoms with E-state index in [1.54, 1.807) is 36.1 Å². The van der Waals surface area contributed by atoms with Gasteiger partial charge in [0.05, 0.1) is 0 Å². The summed E-state index contributed by atoms with van der Waals surface area (Å²) in [6, 6.07) is 13.7. The minimum absolute atomic E-state index is 0.0131. The van der Waals surface area contributed by atoms with Gasteiger partial charge in [-0.15, -0.1) is 0 Å². The number of benzene rings is 2. The van der Waals surface area contributed by atoms with Gasteiger partial charge >= 0.3 is 0 Å². The van der Waals surface area contributed by atoms with Crippen molar-refractivity contribution in [3.05, 3.63) is 71.0 Å². The van der Waals surface area contributed by atoms with Gasteiger partial charge in [0, 0.05) is 30.1 Å². The summed E-state index contributed by atoms with van der Waals surface area (Å²) in [5.41, 5.74) is 1.72. The molecule has 3 nitrogen and oxygen atoms in total. The fraction of sp³-hybridized carbons (Fsp3) is 0.300. The third-order valence-corrected chi connectivity index (χ3v) is 4.62. The normalized spacial score (nSPS) is 15.3. The van der Waals surface area contributed by atoms with Gasteiger partial charge in [0.2, 0.25) is 0 Å². The Morgan fingerprint density at radius 2 is 1.67 bits per heavy atom. The van der Waals surface area contributed by atoms with Crippen LogP contribution in [-0.4, -0.2) is 29.7 Å². The van der Waals surface area contributed by atoms with E-state index in [0.717, 1.165) is 0 Å². The highest BCUT2D eigenvalue weighted by molar-refractivity contribution is 5.98. The molecule has 1 fully saturated rings. The van der Waals surface area contributed by atoms with Crippen molar-refractivity contribution in [1.82, 2.24) is 4.90 Å². The third-order valence-electron chi connectivity index (χ3n) is 4.62. The summed E-state index contributed by atoms with van der Waals surface area (Å²) in [6.45, 7) is 2.81. The molecule has 0 aliphatic carbocycles. The van der Waals surface area contributed by atoms with E-state index >= 15 is 0 Å². The fourth-order valence-electron chi connectivity index (χ4n) is 3.14. The summed E-state index contributed by atoms with van der Waals surface area (Å²) in [6.07, 6.45) is 1.29. The number of halogens is 1. The van der Waals surface area contributed by atoms with Gasteiger partial charge in [0.1, 0.15) is 5.82 Å². The van der Waals surface area contributed by atoms with Crippen molar-refractivity contribution in [2.45, 2.75) is 19.8 Å². The second-order valence-corrected chi connectivity index (χ2v) is 6.26. The zero-order valence-corrected chi connectivity index (χ0v) is 13.7. The fourth-order valence-corrected chi connectivity index (χ4v) is 3.14. The van der Waals surface area contributed by atoms with Crippen molar-refractivity contribution in [3.63, 3.8) is 0 Å². The van der Waals surface area contributed by atoms with Gasteiger partial charge in [-0.25, -0.2) is 4.39 Å². The zero-order valence-electron chi connectivity index (χ0n) is 13.7. The van der Waals surface area contributed by atoms with Gasteiger partial charge in [-0.1, -0.05) is 18.2 Å². The highest BCUT2D eigenvalue weighted by atomic mass is 19.1. The van der Waals surface area contributed by atoms with E-state index in [1.165, 1.54) is 6.07 Å². The smallest absolute Gasteiger partial charge is 0.253 e. The Kier molecular flexibility index (Phi) is 4.74. The maximum absolute atomic E-state index is 13.4. The predicted octanol–water partition coefficient (Wildman–Crippen LogP) is 3.87. The molecule has 2 aromatic rings. The van der Waals surface area contributed by atoms with E-state index in [9.17, 15) is 14.0 Å². The number of hydrogen-bond acceptors (Lipinski definition) is 2. The van der Waals surface area contributed by atoms with Crippen LogP contribution in [0.15, 0.2) is 48.5 Å². The quantitative estimate of drug-likeness (QED) is 0.803. The van der Waals surface area contributed by atoms with Crippen molar-refractivity contribution in [3.8, 4) is 0 Å². The van der Waals surface area contributed by atoms with E-state index in [0.29, 0.717) is 42.6 Å². The molecule has 1 heterocycles. The number of nitrogens with zero attached hydrogens (tertiary/aromatic N) is 1. The van der Waals surface area contributed by atoms with Crippen molar-refractivity contribution < 1.29 is 14.0 Å². The number of likely N-dealkylation sites (tertiary alicyclic amines) is 1. The zero-order chi connectivity index (χ0) is 17.1. The number of aryl methyl sites for hydroxylation is 1. The standard InChI is InChI=1S/C20H20FNO2/c1-14-13-17(7-8-18(14)21)19(23)15-9-11-22(12-10-15)20(24)16-5-3-2-4-6-16/h2-8,13,15H,9-12H2,1H3. The van der Waals surface area contributed by atoms with E-state index in [-0.39, 0.29) is 23.4 Å². The number of rotatable bonds is 3. The minimum atomic E-state index is -0.296. The summed E-state index contributed by atoms with van der Waals surface area (Å²) < 4.78 is 13.4. The summed E-state index contributed by atoms with van der Waals surface area (Å²) in [4.78, 5) is 26.8. The molecule has 1 aliphatic rings. The topological polar surface area (TPSA) is 37.4 Å². The SMILES string of the molecule is Cc1cc(C(=O)C2CCN(C(=O)c3ccccc3)CC2)ccc1F. The van der Waals surface area contributed by atoms with Gasteiger partial charge in [0.25, 0.3) is 5.91 Å². The highest BCUT2D eigenvalue weighted by Crippen LogP contribution is 2.24. The van der Waals surface area contributed by atoms with Crippen molar-refractivity contribution >= 4 is 11.7 Å². The molecule has 0 spiro atoms. The van der Waals surface area contributed by atoms with Crippen molar-refractivity contribution in [2.75, 3.05) is 13.1 Å². The monoisotopic (exact) mass is 325 g/mol. The molecule has 0 bridgehead atoms. The number of ketones is 1. The molecule has 0 unspecified atom stereocenters. The van der Waals surface area contributed by atoms with Crippen LogP contribution < -0.4 is 0 Å². The molecule has 124 valence electrons. The lowest BCUT2D eigenvalue weighted by atomic mass is 9.88. The van der Waals surface area contributed by atoms with Crippen LogP contribution in [0.2, 0.25) is 0 Å². The number of carbonyl (C=O) groups excluding carboxylic acids is 2. The molecule has 0 aromatic heterocycles. The second-order valence-electron chi connectivity index (χ2n) is 6.26.